The second kappa shape index (κ2) is 6.73. The van der Waals surface area contributed by atoms with E-state index < -0.39 is 5.97 Å². The van der Waals surface area contributed by atoms with Crippen molar-refractivity contribution in [2.45, 2.75) is 44.8 Å². The number of carboxylic acids is 1. The maximum Gasteiger partial charge on any atom is 0.358 e. The Morgan fingerprint density at radius 3 is 2.57 bits per heavy atom. The lowest BCUT2D eigenvalue weighted by Crippen LogP contribution is -2.21. The smallest absolute Gasteiger partial charge is 0.358 e. The summed E-state index contributed by atoms with van der Waals surface area (Å²) in [4.78, 5) is 11.6. The molecule has 1 fully saturated rings. The van der Waals surface area contributed by atoms with E-state index in [0.29, 0.717) is 12.3 Å². The summed E-state index contributed by atoms with van der Waals surface area (Å²) in [6, 6.07) is 6.62. The number of rotatable bonds is 5. The Bertz CT molecular complexity index is 672. The van der Waals surface area contributed by atoms with E-state index in [-0.39, 0.29) is 17.5 Å². The van der Waals surface area contributed by atoms with Crippen molar-refractivity contribution < 1.29 is 19.7 Å². The molecule has 1 heterocycles. The molecule has 1 aromatic heterocycles. The second-order valence-electron chi connectivity index (χ2n) is 5.86. The number of aromatic carboxylic acids is 1. The van der Waals surface area contributed by atoms with E-state index >= 15 is 0 Å². The number of aromatic hydroxyl groups is 1. The fraction of sp³-hybridized carbons (Fsp3) is 0.412. The number of hydrogen-bond donors (Lipinski definition) is 2. The lowest BCUT2D eigenvalue weighted by Gasteiger charge is -2.22. The normalized spacial score (nSPS) is 15.5. The van der Waals surface area contributed by atoms with Gasteiger partial charge in [0, 0.05) is 0 Å². The van der Waals surface area contributed by atoms with Crippen molar-refractivity contribution >= 4 is 5.97 Å². The van der Waals surface area contributed by atoms with Gasteiger partial charge in [0.25, 0.3) is 0 Å². The van der Waals surface area contributed by atoms with Gasteiger partial charge in [0.05, 0.1) is 18.8 Å². The summed E-state index contributed by atoms with van der Waals surface area (Å²) >= 11 is 0. The van der Waals surface area contributed by atoms with Gasteiger partial charge in [-0.2, -0.15) is 5.10 Å². The molecule has 1 aromatic carbocycles. The van der Waals surface area contributed by atoms with Crippen LogP contribution in [0.5, 0.6) is 11.5 Å². The summed E-state index contributed by atoms with van der Waals surface area (Å²) in [5, 5.41) is 23.0. The van der Waals surface area contributed by atoms with Crippen LogP contribution in [0.1, 0.15) is 48.2 Å². The molecule has 1 saturated carbocycles. The quantitative estimate of drug-likeness (QED) is 0.885. The third-order valence-corrected chi connectivity index (χ3v) is 4.12. The van der Waals surface area contributed by atoms with Crippen molar-refractivity contribution in [3.63, 3.8) is 0 Å². The number of hydrogen-bond acceptors (Lipinski definition) is 4. The molecule has 0 amide bonds. The lowest BCUT2D eigenvalue weighted by atomic mass is 9.98. The first-order valence-electron chi connectivity index (χ1n) is 7.87. The highest BCUT2D eigenvalue weighted by atomic mass is 16.5. The summed E-state index contributed by atoms with van der Waals surface area (Å²) in [6.07, 6.45) is 6.94. The molecule has 6 heteroatoms. The number of phenols is 1. The number of ether oxygens (including phenoxy) is 1. The minimum absolute atomic E-state index is 0.0728. The van der Waals surface area contributed by atoms with Crippen molar-refractivity contribution in [3.8, 4) is 11.5 Å². The molecule has 0 bridgehead atoms. The topological polar surface area (TPSA) is 84.6 Å². The van der Waals surface area contributed by atoms with E-state index in [1.807, 2.05) is 0 Å². The molecule has 122 valence electrons. The molecule has 0 atom stereocenters. The van der Waals surface area contributed by atoms with Crippen LogP contribution in [0.2, 0.25) is 0 Å². The van der Waals surface area contributed by atoms with E-state index in [1.54, 1.807) is 24.3 Å². The molecular weight excluding hydrogens is 296 g/mol. The first-order chi connectivity index (χ1) is 11.1. The van der Waals surface area contributed by atoms with Crippen molar-refractivity contribution in [1.29, 1.82) is 0 Å². The molecule has 2 aromatic rings. The molecule has 0 saturated heterocycles. The van der Waals surface area contributed by atoms with Crippen LogP contribution >= 0.6 is 0 Å². The first-order valence-corrected chi connectivity index (χ1v) is 7.87. The fourth-order valence-electron chi connectivity index (χ4n) is 2.93. The van der Waals surface area contributed by atoms with Crippen LogP contribution in [0.15, 0.2) is 30.5 Å². The average Bonchev–Trinajstić information content (AvgIpc) is 2.93. The van der Waals surface area contributed by atoms with Gasteiger partial charge in [0.1, 0.15) is 5.75 Å². The highest BCUT2D eigenvalue weighted by Gasteiger charge is 2.23. The number of phenolic OH excluding ortho intramolecular Hbond substituents is 1. The van der Waals surface area contributed by atoms with Crippen molar-refractivity contribution in [2.75, 3.05) is 0 Å². The summed E-state index contributed by atoms with van der Waals surface area (Å²) < 4.78 is 7.30. The molecule has 0 radical (unpaired) electrons. The molecule has 6 nitrogen and oxygen atoms in total. The van der Waals surface area contributed by atoms with Gasteiger partial charge in [0.15, 0.2) is 11.4 Å². The van der Waals surface area contributed by atoms with Crippen LogP contribution in [-0.2, 0) is 6.54 Å². The van der Waals surface area contributed by atoms with Crippen molar-refractivity contribution in [3.05, 3.63) is 41.7 Å². The van der Waals surface area contributed by atoms with Gasteiger partial charge in [-0.15, -0.1) is 0 Å². The van der Waals surface area contributed by atoms with Gasteiger partial charge >= 0.3 is 5.97 Å². The van der Waals surface area contributed by atoms with E-state index in [2.05, 4.69) is 5.10 Å². The minimum atomic E-state index is -1.05. The Morgan fingerprint density at radius 1 is 1.22 bits per heavy atom. The molecule has 0 unspecified atom stereocenters. The molecule has 23 heavy (non-hydrogen) atoms. The van der Waals surface area contributed by atoms with E-state index in [0.717, 1.165) is 31.2 Å². The Hall–Kier alpha value is -2.50. The third kappa shape index (κ3) is 3.64. The summed E-state index contributed by atoms with van der Waals surface area (Å²) in [5.74, 6) is -0.538. The number of aromatic nitrogens is 2. The predicted molar refractivity (Wildman–Crippen MR) is 83.9 cm³/mol. The van der Waals surface area contributed by atoms with Crippen molar-refractivity contribution in [1.82, 2.24) is 9.78 Å². The Morgan fingerprint density at radius 2 is 1.91 bits per heavy atom. The average molecular weight is 316 g/mol. The van der Waals surface area contributed by atoms with Gasteiger partial charge in [-0.05, 0) is 43.4 Å². The third-order valence-electron chi connectivity index (χ3n) is 4.12. The van der Waals surface area contributed by atoms with Gasteiger partial charge in [0.2, 0.25) is 0 Å². The molecular formula is C17H20N2O4. The zero-order valence-corrected chi connectivity index (χ0v) is 12.8. The summed E-state index contributed by atoms with van der Waals surface area (Å²) in [6.45, 7) is 0.315. The molecule has 1 aliphatic carbocycles. The van der Waals surface area contributed by atoms with Crippen LogP contribution in [0.4, 0.5) is 0 Å². The molecule has 0 spiro atoms. The second-order valence-corrected chi connectivity index (χ2v) is 5.86. The van der Waals surface area contributed by atoms with Gasteiger partial charge in [-0.25, -0.2) is 4.79 Å². The van der Waals surface area contributed by atoms with E-state index in [9.17, 15) is 15.0 Å². The van der Waals surface area contributed by atoms with Crippen LogP contribution in [0.25, 0.3) is 0 Å². The van der Waals surface area contributed by atoms with Crippen LogP contribution < -0.4 is 4.74 Å². The van der Waals surface area contributed by atoms with Crippen LogP contribution in [0, 0.1) is 0 Å². The molecule has 3 rings (SSSR count). The maximum absolute atomic E-state index is 11.6. The van der Waals surface area contributed by atoms with E-state index in [4.69, 9.17) is 4.74 Å². The highest BCUT2D eigenvalue weighted by Crippen LogP contribution is 2.26. The first kappa shape index (κ1) is 15.4. The molecule has 2 N–H and O–H groups in total. The summed E-state index contributed by atoms with van der Waals surface area (Å²) in [7, 11) is 0. The van der Waals surface area contributed by atoms with Gasteiger partial charge in [-0.1, -0.05) is 18.6 Å². The Balaban J connectivity index is 1.80. The zero-order valence-electron chi connectivity index (χ0n) is 12.8. The Kier molecular flexibility index (Phi) is 4.50. The van der Waals surface area contributed by atoms with Gasteiger partial charge < -0.3 is 14.9 Å². The van der Waals surface area contributed by atoms with E-state index in [1.165, 1.54) is 17.3 Å². The molecule has 0 aliphatic heterocycles. The predicted octanol–water partition coefficient (Wildman–Crippen LogP) is 3.05. The van der Waals surface area contributed by atoms with Crippen LogP contribution in [-0.4, -0.2) is 32.1 Å². The lowest BCUT2D eigenvalue weighted by molar-refractivity contribution is 0.0672. The summed E-state index contributed by atoms with van der Waals surface area (Å²) in [5.41, 5.74) is 0.932. The SMILES string of the molecule is O=C(O)c1c(OC2CCCCC2)cnn1Cc1ccc(O)cc1. The maximum atomic E-state index is 11.6. The Labute approximate surface area is 134 Å². The molecule has 1 aliphatic rings. The standard InChI is InChI=1S/C17H20N2O4/c20-13-8-6-12(7-9-13)11-19-16(17(21)22)15(10-18-19)23-14-4-2-1-3-5-14/h6-10,14,20H,1-5,11H2,(H,21,22). The zero-order chi connectivity index (χ0) is 16.2. The number of nitrogens with zero attached hydrogens (tertiary/aromatic N) is 2. The van der Waals surface area contributed by atoms with Gasteiger partial charge in [-0.3, -0.25) is 4.68 Å². The number of carbonyl (C=O) groups is 1. The number of benzene rings is 1. The van der Waals surface area contributed by atoms with Crippen molar-refractivity contribution in [2.24, 2.45) is 0 Å². The number of carboxylic acid groups (broad SMARTS) is 1. The van der Waals surface area contributed by atoms with Crippen LogP contribution in [0.3, 0.4) is 0 Å². The fourth-order valence-corrected chi connectivity index (χ4v) is 2.93. The highest BCUT2D eigenvalue weighted by molar-refractivity contribution is 5.88. The minimum Gasteiger partial charge on any atom is -0.508 e. The monoisotopic (exact) mass is 316 g/mol. The largest absolute Gasteiger partial charge is 0.508 e.